The van der Waals surface area contributed by atoms with Gasteiger partial charge in [0.15, 0.2) is 4.34 Å². The zero-order valence-corrected chi connectivity index (χ0v) is 13.8. The van der Waals surface area contributed by atoms with Crippen LogP contribution in [0.5, 0.6) is 0 Å². The topological polar surface area (TPSA) is 50.7 Å². The summed E-state index contributed by atoms with van der Waals surface area (Å²) in [5.41, 5.74) is 3.58. The summed E-state index contributed by atoms with van der Waals surface area (Å²) in [5, 5.41) is 12.5. The molecular formula is C16H16N4S2. The van der Waals surface area contributed by atoms with Gasteiger partial charge in [0.25, 0.3) is 0 Å². The number of rotatable bonds is 6. The molecule has 3 rings (SSSR count). The molecule has 1 N–H and O–H groups in total. The molecule has 3 aromatic rings. The number of hydrogen-bond donors (Lipinski definition) is 1. The number of nitrogens with one attached hydrogen (secondary N) is 1. The number of pyridine rings is 1. The third kappa shape index (κ3) is 4.29. The van der Waals surface area contributed by atoms with Gasteiger partial charge >= 0.3 is 0 Å². The molecule has 2 aromatic heterocycles. The van der Waals surface area contributed by atoms with E-state index in [1.165, 1.54) is 11.1 Å². The zero-order chi connectivity index (χ0) is 15.2. The van der Waals surface area contributed by atoms with Crippen molar-refractivity contribution in [2.75, 3.05) is 11.1 Å². The molecule has 112 valence electrons. The highest BCUT2D eigenvalue weighted by Crippen LogP contribution is 2.28. The lowest BCUT2D eigenvalue weighted by Crippen LogP contribution is -1.89. The van der Waals surface area contributed by atoms with Gasteiger partial charge in [0.1, 0.15) is 0 Å². The summed E-state index contributed by atoms with van der Waals surface area (Å²) in [4.78, 5) is 4.02. The molecule has 22 heavy (non-hydrogen) atoms. The third-order valence-corrected chi connectivity index (χ3v) is 5.05. The van der Waals surface area contributed by atoms with Crippen LogP contribution in [0.2, 0.25) is 0 Å². The summed E-state index contributed by atoms with van der Waals surface area (Å²) in [7, 11) is 0. The molecule has 0 atom stereocenters. The number of aryl methyl sites for hydroxylation is 2. The number of thioether (sulfide) groups is 1. The molecule has 0 aliphatic rings. The minimum Gasteiger partial charge on any atom is -0.330 e. The van der Waals surface area contributed by atoms with E-state index in [1.54, 1.807) is 23.1 Å². The lowest BCUT2D eigenvalue weighted by molar-refractivity contribution is 1.01. The monoisotopic (exact) mass is 328 g/mol. The van der Waals surface area contributed by atoms with Crippen LogP contribution in [0.15, 0.2) is 53.1 Å². The van der Waals surface area contributed by atoms with Crippen LogP contribution in [0.4, 0.5) is 10.8 Å². The molecule has 1 aromatic carbocycles. The van der Waals surface area contributed by atoms with Crippen molar-refractivity contribution in [2.45, 2.75) is 17.7 Å². The van der Waals surface area contributed by atoms with E-state index < -0.39 is 0 Å². The van der Waals surface area contributed by atoms with Gasteiger partial charge in [-0.25, -0.2) is 0 Å². The molecule has 0 saturated heterocycles. The quantitative estimate of drug-likeness (QED) is 0.683. The lowest BCUT2D eigenvalue weighted by atomic mass is 10.2. The molecule has 0 amide bonds. The van der Waals surface area contributed by atoms with E-state index >= 15 is 0 Å². The number of anilines is 2. The van der Waals surface area contributed by atoms with Gasteiger partial charge in [0.05, 0.1) is 0 Å². The Hall–Kier alpha value is -1.92. The predicted octanol–water partition coefficient (Wildman–Crippen LogP) is 4.32. The third-order valence-electron chi connectivity index (χ3n) is 3.07. The molecular weight excluding hydrogens is 312 g/mol. The fourth-order valence-electron chi connectivity index (χ4n) is 1.88. The molecule has 4 nitrogen and oxygen atoms in total. The standard InChI is InChI=1S/C16H16N4S2/c1-12-2-4-14(5-3-12)18-15-19-20-16(22-15)21-11-8-13-6-9-17-10-7-13/h2-7,9-10H,8,11H2,1H3,(H,18,19). The van der Waals surface area contributed by atoms with Gasteiger partial charge < -0.3 is 5.32 Å². The molecule has 0 fully saturated rings. The van der Waals surface area contributed by atoms with E-state index in [1.807, 2.05) is 36.7 Å². The summed E-state index contributed by atoms with van der Waals surface area (Å²) in [6, 6.07) is 12.3. The second-order valence-electron chi connectivity index (χ2n) is 4.82. The minimum absolute atomic E-state index is 0.829. The average molecular weight is 328 g/mol. The normalized spacial score (nSPS) is 10.6. The Balaban J connectivity index is 1.51. The van der Waals surface area contributed by atoms with Gasteiger partial charge in [0.2, 0.25) is 5.13 Å². The maximum atomic E-state index is 4.22. The summed E-state index contributed by atoms with van der Waals surface area (Å²) in [5.74, 6) is 0.989. The number of nitrogens with zero attached hydrogens (tertiary/aromatic N) is 3. The molecule has 0 saturated carbocycles. The van der Waals surface area contributed by atoms with Crippen LogP contribution < -0.4 is 5.32 Å². The first-order valence-corrected chi connectivity index (χ1v) is 8.79. The van der Waals surface area contributed by atoms with Crippen LogP contribution in [0, 0.1) is 6.92 Å². The number of aromatic nitrogens is 3. The van der Waals surface area contributed by atoms with E-state index in [4.69, 9.17) is 0 Å². The van der Waals surface area contributed by atoms with Crippen molar-refractivity contribution in [3.8, 4) is 0 Å². The highest BCUT2D eigenvalue weighted by molar-refractivity contribution is 8.01. The predicted molar refractivity (Wildman–Crippen MR) is 93.0 cm³/mol. The molecule has 2 heterocycles. The summed E-state index contributed by atoms with van der Waals surface area (Å²) < 4.78 is 0.990. The molecule has 0 bridgehead atoms. The Labute approximate surface area is 138 Å². The SMILES string of the molecule is Cc1ccc(Nc2nnc(SCCc3ccncc3)s2)cc1. The fourth-order valence-corrected chi connectivity index (χ4v) is 3.72. The first kappa shape index (κ1) is 15.0. The highest BCUT2D eigenvalue weighted by Gasteiger charge is 2.05. The Morgan fingerprint density at radius 1 is 1.05 bits per heavy atom. The second-order valence-corrected chi connectivity index (χ2v) is 7.14. The Morgan fingerprint density at radius 2 is 1.82 bits per heavy atom. The van der Waals surface area contributed by atoms with Crippen molar-refractivity contribution in [1.29, 1.82) is 0 Å². The molecule has 0 unspecified atom stereocenters. The molecule has 0 aliphatic heterocycles. The van der Waals surface area contributed by atoms with Gasteiger partial charge in [-0.1, -0.05) is 40.8 Å². The van der Waals surface area contributed by atoms with Gasteiger partial charge in [-0.15, -0.1) is 10.2 Å². The van der Waals surface area contributed by atoms with Crippen molar-refractivity contribution < 1.29 is 0 Å². The van der Waals surface area contributed by atoms with Crippen molar-refractivity contribution in [3.05, 3.63) is 59.9 Å². The van der Waals surface area contributed by atoms with E-state index in [-0.39, 0.29) is 0 Å². The molecule has 0 spiro atoms. The van der Waals surface area contributed by atoms with Crippen molar-refractivity contribution in [2.24, 2.45) is 0 Å². The van der Waals surface area contributed by atoms with Crippen molar-refractivity contribution in [3.63, 3.8) is 0 Å². The Bertz CT molecular complexity index is 711. The van der Waals surface area contributed by atoms with Crippen LogP contribution >= 0.6 is 23.1 Å². The van der Waals surface area contributed by atoms with E-state index in [0.29, 0.717) is 0 Å². The number of benzene rings is 1. The number of hydrogen-bond acceptors (Lipinski definition) is 6. The van der Waals surface area contributed by atoms with Gasteiger partial charge in [-0.3, -0.25) is 4.98 Å². The van der Waals surface area contributed by atoms with E-state index in [2.05, 4.69) is 39.6 Å². The van der Waals surface area contributed by atoms with Crippen molar-refractivity contribution >= 4 is 33.9 Å². The van der Waals surface area contributed by atoms with Crippen LogP contribution in [0.25, 0.3) is 0 Å². The summed E-state index contributed by atoms with van der Waals surface area (Å²) in [6.07, 6.45) is 4.66. The second kappa shape index (κ2) is 7.38. The maximum absolute atomic E-state index is 4.22. The largest absolute Gasteiger partial charge is 0.330 e. The average Bonchev–Trinajstić information content (AvgIpc) is 2.98. The first-order chi connectivity index (χ1) is 10.8. The molecule has 0 radical (unpaired) electrons. The van der Waals surface area contributed by atoms with Gasteiger partial charge in [-0.2, -0.15) is 0 Å². The van der Waals surface area contributed by atoms with E-state index in [9.17, 15) is 0 Å². The van der Waals surface area contributed by atoms with Crippen LogP contribution in [0.1, 0.15) is 11.1 Å². The van der Waals surface area contributed by atoms with Gasteiger partial charge in [0, 0.05) is 23.8 Å². The lowest BCUT2D eigenvalue weighted by Gasteiger charge is -2.01. The summed E-state index contributed by atoms with van der Waals surface area (Å²) >= 11 is 3.32. The first-order valence-electron chi connectivity index (χ1n) is 6.98. The maximum Gasteiger partial charge on any atom is 0.210 e. The van der Waals surface area contributed by atoms with Crippen LogP contribution in [0.3, 0.4) is 0 Å². The highest BCUT2D eigenvalue weighted by atomic mass is 32.2. The minimum atomic E-state index is 0.829. The fraction of sp³-hybridized carbons (Fsp3) is 0.188. The molecule has 0 aliphatic carbocycles. The molecule has 6 heteroatoms. The van der Waals surface area contributed by atoms with Crippen LogP contribution in [-0.4, -0.2) is 20.9 Å². The van der Waals surface area contributed by atoms with Crippen LogP contribution in [-0.2, 0) is 6.42 Å². The smallest absolute Gasteiger partial charge is 0.210 e. The summed E-state index contributed by atoms with van der Waals surface area (Å²) in [6.45, 7) is 2.08. The Kier molecular flexibility index (Phi) is 5.03. The Morgan fingerprint density at radius 3 is 2.59 bits per heavy atom. The van der Waals surface area contributed by atoms with Gasteiger partial charge in [-0.05, 0) is 43.2 Å². The van der Waals surface area contributed by atoms with Crippen molar-refractivity contribution in [1.82, 2.24) is 15.2 Å². The van der Waals surface area contributed by atoms with E-state index in [0.717, 1.165) is 27.3 Å². The zero-order valence-electron chi connectivity index (χ0n) is 12.2.